The Bertz CT molecular complexity index is 3440. The molecule has 460 valence electrons. The average Bonchev–Trinajstić information content (AvgIpc) is 3.01. The first kappa shape index (κ1) is 70.8. The summed E-state index contributed by atoms with van der Waals surface area (Å²) in [6, 6.07) is 38.4. The molecule has 0 bridgehead atoms. The van der Waals surface area contributed by atoms with Crippen molar-refractivity contribution in [1.29, 1.82) is 0 Å². The molecule has 0 aromatic heterocycles. The van der Waals surface area contributed by atoms with Crippen LogP contribution in [0.5, 0.6) is 11.5 Å². The lowest BCUT2D eigenvalue weighted by molar-refractivity contribution is -0.119. The number of amides is 3. The van der Waals surface area contributed by atoms with Crippen molar-refractivity contribution in [2.45, 2.75) is 159 Å². The first-order valence-corrected chi connectivity index (χ1v) is 32.0. The zero-order chi connectivity index (χ0) is 63.8. The van der Waals surface area contributed by atoms with E-state index in [1.807, 2.05) is 60.7 Å². The predicted octanol–water partition coefficient (Wildman–Crippen LogP) is 10.7. The number of ether oxygens (including phenoxy) is 2. The largest absolute Gasteiger partial charge is 0.497 e. The second-order valence-corrected chi connectivity index (χ2v) is 29.2. The third kappa shape index (κ3) is 21.3. The van der Waals surface area contributed by atoms with Gasteiger partial charge >= 0.3 is 5.97 Å². The van der Waals surface area contributed by atoms with Crippen molar-refractivity contribution in [3.05, 3.63) is 167 Å². The third-order valence-corrected chi connectivity index (χ3v) is 19.9. The van der Waals surface area contributed by atoms with Gasteiger partial charge in [-0.25, -0.2) is 21.6 Å². The number of carboxylic acid groups (broad SMARTS) is 1. The van der Waals surface area contributed by atoms with Gasteiger partial charge in [-0.1, -0.05) is 114 Å². The molecule has 6 aromatic carbocycles. The van der Waals surface area contributed by atoms with E-state index in [9.17, 15) is 41.1 Å². The molecule has 6 rings (SSSR count). The SMILES string of the molecule is CC(C)(C)c1ccc(C[C@@H](N)CC(N)=O)cc1.COc1ccc(Sc2ccc(S(=O)(=O)N(C)C(C)C)cc2C(=O)N[C@@H](CC(N)=O)Cc2ccc(C(C)(C)C)cc2)cc1.COc1ccc(Sc2ccc(S(=O)(=O)N(C)C(C)C)cc2C(=O)O)cc1. The van der Waals surface area contributed by atoms with E-state index >= 15 is 0 Å². The molecule has 17 nitrogen and oxygen atoms in total. The second kappa shape index (κ2) is 31.1. The van der Waals surface area contributed by atoms with Gasteiger partial charge in [0.05, 0.1) is 35.1 Å². The number of benzene rings is 6. The Labute approximate surface area is 511 Å². The number of nitrogens with zero attached hydrogens (tertiary/aromatic N) is 2. The maximum atomic E-state index is 13.8. The molecule has 0 aliphatic carbocycles. The number of hydrogen-bond acceptors (Lipinski definition) is 13. The number of carboxylic acids is 1. The van der Waals surface area contributed by atoms with Gasteiger partial charge in [0, 0.05) is 70.7 Å². The number of methoxy groups -OCH3 is 2. The summed E-state index contributed by atoms with van der Waals surface area (Å²) in [6.45, 7) is 20.0. The standard InChI is InChI=1S/C32H41N3O5S2.C18H21NO5S2.C14H22N2O/c1-21(2)35(6)42(38,39)27-16-17-29(41-26-14-12-25(40-7)13-15-26)28(20-27)31(37)34-24(19-30(33)36)18-22-8-10-23(11-9-22)32(3,4)5;1-12(2)19(3)26(22,23)15-9-10-17(16(11-15)18(20)21)25-14-7-5-13(24-4)6-8-14;1-14(2,3)11-6-4-10(5-7-11)8-12(15)9-13(16)17/h8-17,20-21,24H,18-19H2,1-7H3,(H2,33,36)(H,34,37);5-12H,1-4H3,(H,20,21);4-7,12H,8-9,15H2,1-3H3,(H2,16,17)/t24-;;12-/m1.1/s1. The van der Waals surface area contributed by atoms with E-state index in [4.69, 9.17) is 26.7 Å². The minimum absolute atomic E-state index is 0.00662. The Morgan fingerprint density at radius 3 is 1.26 bits per heavy atom. The minimum Gasteiger partial charge on any atom is -0.497 e. The Morgan fingerprint density at radius 1 is 0.553 bits per heavy atom. The van der Waals surface area contributed by atoms with Gasteiger partial charge in [0.15, 0.2) is 0 Å². The molecular weight excluding hydrogens is 1160 g/mol. The Balaban J connectivity index is 0.000000305. The lowest BCUT2D eigenvalue weighted by atomic mass is 9.86. The van der Waals surface area contributed by atoms with Gasteiger partial charge in [-0.2, -0.15) is 8.61 Å². The average molecular weight is 1240 g/mol. The maximum absolute atomic E-state index is 13.8. The van der Waals surface area contributed by atoms with Gasteiger partial charge in [0.1, 0.15) is 11.5 Å². The van der Waals surface area contributed by atoms with E-state index in [0.717, 1.165) is 20.9 Å². The van der Waals surface area contributed by atoms with E-state index in [0.29, 0.717) is 34.1 Å². The lowest BCUT2D eigenvalue weighted by Crippen LogP contribution is -2.39. The number of hydrogen-bond donors (Lipinski definition) is 5. The van der Waals surface area contributed by atoms with E-state index in [-0.39, 0.29) is 68.6 Å². The molecule has 0 unspecified atom stereocenters. The molecular formula is C64H84N6O11S4. The fourth-order valence-electron chi connectivity index (χ4n) is 8.17. The van der Waals surface area contributed by atoms with Gasteiger partial charge in [-0.3, -0.25) is 14.4 Å². The van der Waals surface area contributed by atoms with Crippen LogP contribution in [0.1, 0.15) is 125 Å². The van der Waals surface area contributed by atoms with E-state index < -0.39 is 43.9 Å². The first-order chi connectivity index (χ1) is 39.6. The summed E-state index contributed by atoms with van der Waals surface area (Å²) in [7, 11) is -1.47. The summed E-state index contributed by atoms with van der Waals surface area (Å²) >= 11 is 2.58. The fourth-order valence-corrected chi connectivity index (χ4v) is 12.8. The molecule has 0 fully saturated rings. The van der Waals surface area contributed by atoms with Crippen LogP contribution in [0.3, 0.4) is 0 Å². The number of nitrogens with one attached hydrogen (secondary N) is 1. The van der Waals surface area contributed by atoms with Crippen LogP contribution in [-0.4, -0.2) is 107 Å². The molecule has 2 atom stereocenters. The Hall–Kier alpha value is -6.72. The van der Waals surface area contributed by atoms with Crippen LogP contribution in [-0.2, 0) is 53.3 Å². The molecule has 0 aliphatic heterocycles. The smallest absolute Gasteiger partial charge is 0.336 e. The number of carbonyl (C=O) groups is 4. The highest BCUT2D eigenvalue weighted by Crippen LogP contribution is 2.36. The van der Waals surface area contributed by atoms with E-state index in [1.165, 1.54) is 87.7 Å². The van der Waals surface area contributed by atoms with Crippen LogP contribution in [0.15, 0.2) is 163 Å². The molecule has 0 aliphatic rings. The highest BCUT2D eigenvalue weighted by atomic mass is 32.2. The van der Waals surface area contributed by atoms with Crippen LogP contribution in [0.4, 0.5) is 0 Å². The van der Waals surface area contributed by atoms with Crippen molar-refractivity contribution < 1.29 is 50.6 Å². The predicted molar refractivity (Wildman–Crippen MR) is 339 cm³/mol. The number of carbonyl (C=O) groups excluding carboxylic acids is 3. The number of rotatable bonds is 23. The molecule has 85 heavy (non-hydrogen) atoms. The van der Waals surface area contributed by atoms with E-state index in [2.05, 4.69) is 71.1 Å². The molecule has 3 amide bonds. The first-order valence-electron chi connectivity index (χ1n) is 27.5. The monoisotopic (exact) mass is 1240 g/mol. The van der Waals surface area contributed by atoms with Crippen LogP contribution in [0.25, 0.3) is 0 Å². The van der Waals surface area contributed by atoms with Crippen molar-refractivity contribution in [3.8, 4) is 11.5 Å². The van der Waals surface area contributed by atoms with Crippen molar-refractivity contribution in [3.63, 3.8) is 0 Å². The highest BCUT2D eigenvalue weighted by molar-refractivity contribution is 7.99. The molecule has 0 radical (unpaired) electrons. The molecule has 8 N–H and O–H groups in total. The van der Waals surface area contributed by atoms with Crippen molar-refractivity contribution in [2.24, 2.45) is 17.2 Å². The van der Waals surface area contributed by atoms with Crippen LogP contribution < -0.4 is 32.0 Å². The van der Waals surface area contributed by atoms with Crippen LogP contribution >= 0.6 is 23.5 Å². The van der Waals surface area contributed by atoms with Crippen molar-refractivity contribution >= 4 is 67.3 Å². The van der Waals surface area contributed by atoms with Crippen LogP contribution in [0, 0.1) is 0 Å². The maximum Gasteiger partial charge on any atom is 0.336 e. The summed E-state index contributed by atoms with van der Waals surface area (Å²) in [4.78, 5) is 50.8. The third-order valence-electron chi connectivity index (χ3n) is 13.6. The molecule has 0 saturated heterocycles. The molecule has 21 heteroatoms. The second-order valence-electron chi connectivity index (χ2n) is 23.0. The lowest BCUT2D eigenvalue weighted by Gasteiger charge is -2.23. The highest BCUT2D eigenvalue weighted by Gasteiger charge is 2.28. The number of nitrogens with two attached hydrogens (primary N) is 3. The molecule has 6 aromatic rings. The minimum atomic E-state index is -3.85. The topological polar surface area (TPSA) is 272 Å². The van der Waals surface area contributed by atoms with Crippen molar-refractivity contribution in [1.82, 2.24) is 13.9 Å². The van der Waals surface area contributed by atoms with Gasteiger partial charge in [-0.15, -0.1) is 0 Å². The Kier molecular flexibility index (Phi) is 25.9. The van der Waals surface area contributed by atoms with E-state index in [1.54, 1.807) is 60.1 Å². The summed E-state index contributed by atoms with van der Waals surface area (Å²) in [5.41, 5.74) is 21.3. The zero-order valence-electron chi connectivity index (χ0n) is 51.1. The zero-order valence-corrected chi connectivity index (χ0v) is 54.4. The van der Waals surface area contributed by atoms with Crippen molar-refractivity contribution in [2.75, 3.05) is 28.3 Å². The molecule has 0 heterocycles. The number of primary amides is 2. The van der Waals surface area contributed by atoms with Gasteiger partial charge < -0.3 is 37.1 Å². The summed E-state index contributed by atoms with van der Waals surface area (Å²) < 4.78 is 64.6. The summed E-state index contributed by atoms with van der Waals surface area (Å²) in [6.07, 6.45) is 1.24. The summed E-state index contributed by atoms with van der Waals surface area (Å²) in [5, 5.41) is 12.5. The summed E-state index contributed by atoms with van der Waals surface area (Å²) in [5.74, 6) is -1.16. The molecule has 0 saturated carbocycles. The van der Waals surface area contributed by atoms with Gasteiger partial charge in [0.25, 0.3) is 5.91 Å². The molecule has 0 spiro atoms. The Morgan fingerprint density at radius 2 is 0.918 bits per heavy atom. The number of aromatic carboxylic acids is 1. The number of sulfonamides is 2. The normalized spacial score (nSPS) is 12.6. The van der Waals surface area contributed by atoms with Gasteiger partial charge in [-0.05, 0) is 159 Å². The van der Waals surface area contributed by atoms with Crippen LogP contribution in [0.2, 0.25) is 0 Å². The van der Waals surface area contributed by atoms with Gasteiger partial charge in [0.2, 0.25) is 31.9 Å². The fraction of sp³-hybridized carbons (Fsp3) is 0.375. The quantitative estimate of drug-likeness (QED) is 0.0399.